The van der Waals surface area contributed by atoms with Gasteiger partial charge in [-0.2, -0.15) is 0 Å². The lowest BCUT2D eigenvalue weighted by atomic mass is 10.2. The summed E-state index contributed by atoms with van der Waals surface area (Å²) in [6.07, 6.45) is 0. The van der Waals surface area contributed by atoms with Crippen LogP contribution >= 0.6 is 22.6 Å². The van der Waals surface area contributed by atoms with E-state index in [4.69, 9.17) is 4.74 Å². The minimum Gasteiger partial charge on any atom is -0.383 e. The van der Waals surface area contributed by atoms with Gasteiger partial charge in [-0.1, -0.05) is 6.07 Å². The minimum absolute atomic E-state index is 0.176. The number of halogens is 2. The van der Waals surface area contributed by atoms with Crippen molar-refractivity contribution in [1.82, 2.24) is 0 Å². The van der Waals surface area contributed by atoms with Gasteiger partial charge in [-0.25, -0.2) is 4.39 Å². The monoisotopic (exact) mass is 309 g/mol. The number of hydrogen-bond donors (Lipinski definition) is 1. The maximum Gasteiger partial charge on any atom is 0.138 e. The minimum atomic E-state index is -0.194. The Morgan fingerprint density at radius 1 is 1.57 bits per heavy atom. The summed E-state index contributed by atoms with van der Waals surface area (Å²) < 4.78 is 18.7. The first kappa shape index (κ1) is 11.7. The first-order chi connectivity index (χ1) is 6.65. The molecule has 1 aromatic carbocycles. The molecule has 0 aliphatic rings. The van der Waals surface area contributed by atoms with Crippen molar-refractivity contribution in [2.45, 2.75) is 13.0 Å². The number of benzene rings is 1. The van der Waals surface area contributed by atoms with Crippen molar-refractivity contribution in [3.8, 4) is 0 Å². The highest BCUT2D eigenvalue weighted by Gasteiger charge is 2.07. The average molecular weight is 309 g/mol. The SMILES string of the molecule is COCC(C)Nc1cccc(F)c1I. The van der Waals surface area contributed by atoms with E-state index in [1.165, 1.54) is 6.07 Å². The van der Waals surface area contributed by atoms with E-state index in [-0.39, 0.29) is 11.9 Å². The zero-order valence-electron chi connectivity index (χ0n) is 8.18. The van der Waals surface area contributed by atoms with Crippen LogP contribution in [0, 0.1) is 9.39 Å². The maximum atomic E-state index is 13.1. The second kappa shape index (κ2) is 5.50. The molecular weight excluding hydrogens is 296 g/mol. The topological polar surface area (TPSA) is 21.3 Å². The van der Waals surface area contributed by atoms with Crippen molar-refractivity contribution < 1.29 is 9.13 Å². The molecule has 0 bridgehead atoms. The fourth-order valence-corrected chi connectivity index (χ4v) is 1.69. The average Bonchev–Trinajstić information content (AvgIpc) is 2.13. The van der Waals surface area contributed by atoms with Gasteiger partial charge in [0.25, 0.3) is 0 Å². The molecule has 0 aliphatic carbocycles. The van der Waals surface area contributed by atoms with Gasteiger partial charge >= 0.3 is 0 Å². The number of anilines is 1. The van der Waals surface area contributed by atoms with Gasteiger partial charge < -0.3 is 10.1 Å². The number of hydrogen-bond acceptors (Lipinski definition) is 2. The quantitative estimate of drug-likeness (QED) is 0.864. The molecule has 0 amide bonds. The van der Waals surface area contributed by atoms with Crippen molar-refractivity contribution in [2.75, 3.05) is 19.0 Å². The largest absolute Gasteiger partial charge is 0.383 e. The number of methoxy groups -OCH3 is 1. The molecule has 1 atom stereocenters. The molecule has 0 spiro atoms. The van der Waals surface area contributed by atoms with E-state index in [1.54, 1.807) is 13.2 Å². The molecule has 1 unspecified atom stereocenters. The molecule has 1 aromatic rings. The molecule has 0 radical (unpaired) electrons. The van der Waals surface area contributed by atoms with E-state index in [1.807, 2.05) is 35.6 Å². The Balaban J connectivity index is 2.71. The van der Waals surface area contributed by atoms with Crippen LogP contribution < -0.4 is 5.32 Å². The van der Waals surface area contributed by atoms with E-state index in [0.29, 0.717) is 10.2 Å². The fourth-order valence-electron chi connectivity index (χ4n) is 1.17. The van der Waals surface area contributed by atoms with Crippen molar-refractivity contribution in [1.29, 1.82) is 0 Å². The normalized spacial score (nSPS) is 12.6. The highest BCUT2D eigenvalue weighted by Crippen LogP contribution is 2.21. The van der Waals surface area contributed by atoms with E-state index in [2.05, 4.69) is 5.32 Å². The predicted octanol–water partition coefficient (Wildman–Crippen LogP) is 2.88. The lowest BCUT2D eigenvalue weighted by Crippen LogP contribution is -2.21. The molecule has 0 heterocycles. The Morgan fingerprint density at radius 3 is 2.93 bits per heavy atom. The molecule has 2 nitrogen and oxygen atoms in total. The maximum absolute atomic E-state index is 13.1. The lowest BCUT2D eigenvalue weighted by Gasteiger charge is -2.15. The Morgan fingerprint density at radius 2 is 2.29 bits per heavy atom. The van der Waals surface area contributed by atoms with Crippen LogP contribution in [-0.4, -0.2) is 19.8 Å². The molecule has 1 N–H and O–H groups in total. The molecular formula is C10H13FINO. The first-order valence-electron chi connectivity index (χ1n) is 4.34. The van der Waals surface area contributed by atoms with E-state index in [0.717, 1.165) is 5.69 Å². The molecule has 1 rings (SSSR count). The van der Waals surface area contributed by atoms with Gasteiger partial charge in [0.2, 0.25) is 0 Å². The zero-order valence-corrected chi connectivity index (χ0v) is 10.3. The highest BCUT2D eigenvalue weighted by atomic mass is 127. The highest BCUT2D eigenvalue weighted by molar-refractivity contribution is 14.1. The Hall–Kier alpha value is -0.360. The van der Waals surface area contributed by atoms with Gasteiger partial charge in [-0.3, -0.25) is 0 Å². The predicted molar refractivity (Wildman–Crippen MR) is 64.1 cm³/mol. The summed E-state index contributed by atoms with van der Waals surface area (Å²) in [6.45, 7) is 2.59. The van der Waals surface area contributed by atoms with Crippen molar-refractivity contribution in [3.63, 3.8) is 0 Å². The third kappa shape index (κ3) is 3.09. The van der Waals surface area contributed by atoms with Crippen LogP contribution in [-0.2, 0) is 4.74 Å². The summed E-state index contributed by atoms with van der Waals surface area (Å²) in [4.78, 5) is 0. The summed E-state index contributed by atoms with van der Waals surface area (Å²) in [5.41, 5.74) is 0.815. The van der Waals surface area contributed by atoms with Crippen LogP contribution in [0.25, 0.3) is 0 Å². The van der Waals surface area contributed by atoms with Crippen LogP contribution in [0.4, 0.5) is 10.1 Å². The summed E-state index contributed by atoms with van der Waals surface area (Å²) in [5, 5.41) is 3.18. The van der Waals surface area contributed by atoms with E-state index >= 15 is 0 Å². The Kier molecular flexibility index (Phi) is 4.60. The first-order valence-corrected chi connectivity index (χ1v) is 5.42. The van der Waals surface area contributed by atoms with Gasteiger partial charge in [-0.15, -0.1) is 0 Å². The summed E-state index contributed by atoms with van der Waals surface area (Å²) in [6, 6.07) is 5.18. The second-order valence-electron chi connectivity index (χ2n) is 3.10. The van der Waals surface area contributed by atoms with Crippen molar-refractivity contribution >= 4 is 28.3 Å². The molecule has 0 saturated carbocycles. The van der Waals surface area contributed by atoms with Gasteiger partial charge in [0.15, 0.2) is 0 Å². The fraction of sp³-hybridized carbons (Fsp3) is 0.400. The van der Waals surface area contributed by atoms with E-state index in [9.17, 15) is 4.39 Å². The van der Waals surface area contributed by atoms with Crippen LogP contribution in [0.3, 0.4) is 0 Å². The summed E-state index contributed by atoms with van der Waals surface area (Å²) >= 11 is 1.99. The standard InChI is InChI=1S/C10H13FINO/c1-7(6-14-2)13-9-5-3-4-8(11)10(9)12/h3-5,7,13H,6H2,1-2H3. The van der Waals surface area contributed by atoms with Crippen LogP contribution in [0.15, 0.2) is 18.2 Å². The number of nitrogens with one attached hydrogen (secondary N) is 1. The van der Waals surface area contributed by atoms with Crippen molar-refractivity contribution in [3.05, 3.63) is 27.6 Å². The summed E-state index contributed by atoms with van der Waals surface area (Å²) in [5.74, 6) is -0.194. The lowest BCUT2D eigenvalue weighted by molar-refractivity contribution is 0.190. The number of ether oxygens (including phenoxy) is 1. The second-order valence-corrected chi connectivity index (χ2v) is 4.18. The Labute approximate surface area is 97.0 Å². The zero-order chi connectivity index (χ0) is 10.6. The number of rotatable bonds is 4. The van der Waals surface area contributed by atoms with Gasteiger partial charge in [0.1, 0.15) is 5.82 Å². The molecule has 0 saturated heterocycles. The summed E-state index contributed by atoms with van der Waals surface area (Å²) in [7, 11) is 1.65. The van der Waals surface area contributed by atoms with Gasteiger partial charge in [0.05, 0.1) is 15.9 Å². The van der Waals surface area contributed by atoms with Gasteiger partial charge in [0, 0.05) is 13.2 Å². The molecule has 0 aliphatic heterocycles. The third-order valence-electron chi connectivity index (χ3n) is 1.77. The molecule has 78 valence electrons. The van der Waals surface area contributed by atoms with Crippen LogP contribution in [0.5, 0.6) is 0 Å². The van der Waals surface area contributed by atoms with Crippen molar-refractivity contribution in [2.24, 2.45) is 0 Å². The third-order valence-corrected chi connectivity index (χ3v) is 2.87. The molecule has 14 heavy (non-hydrogen) atoms. The Bertz CT molecular complexity index is 306. The van der Waals surface area contributed by atoms with Gasteiger partial charge in [-0.05, 0) is 41.6 Å². The molecule has 4 heteroatoms. The molecule has 0 aromatic heterocycles. The van der Waals surface area contributed by atoms with Crippen LogP contribution in [0.1, 0.15) is 6.92 Å². The van der Waals surface area contributed by atoms with E-state index < -0.39 is 0 Å². The van der Waals surface area contributed by atoms with Crippen LogP contribution in [0.2, 0.25) is 0 Å². The molecule has 0 fully saturated rings. The smallest absolute Gasteiger partial charge is 0.138 e.